The number of likely N-dealkylation sites (N-methyl/N-ethyl adjacent to an activating group) is 1. The average molecular weight is 461 g/mol. The molecule has 0 spiro atoms. The van der Waals surface area contributed by atoms with Crippen LogP contribution in [0, 0.1) is 0 Å². The van der Waals surface area contributed by atoms with Crippen molar-refractivity contribution >= 4 is 27.7 Å². The van der Waals surface area contributed by atoms with E-state index < -0.39 is 6.04 Å². The number of carbonyl (C=O) groups is 2. The Balaban J connectivity index is 2.17. The first-order chi connectivity index (χ1) is 13.9. The molecule has 5 nitrogen and oxygen atoms in total. The molecule has 1 unspecified atom stereocenters. The van der Waals surface area contributed by atoms with Crippen molar-refractivity contribution in [3.8, 4) is 5.75 Å². The van der Waals surface area contributed by atoms with Gasteiger partial charge in [0.15, 0.2) is 6.61 Å². The second-order valence-corrected chi connectivity index (χ2v) is 8.03. The summed E-state index contributed by atoms with van der Waals surface area (Å²) < 4.78 is 6.60. The lowest BCUT2D eigenvalue weighted by atomic mass is 10.0. The maximum Gasteiger partial charge on any atom is 0.261 e. The van der Waals surface area contributed by atoms with Crippen molar-refractivity contribution in [3.05, 3.63) is 64.1 Å². The van der Waals surface area contributed by atoms with Gasteiger partial charge in [0.25, 0.3) is 5.91 Å². The third-order valence-corrected chi connectivity index (χ3v) is 5.42. The Morgan fingerprint density at radius 2 is 1.83 bits per heavy atom. The Labute approximate surface area is 181 Å². The summed E-state index contributed by atoms with van der Waals surface area (Å²) in [7, 11) is 1.58. The molecular formula is C23H29BrN2O3. The SMILES string of the molecule is CCC(C(=O)NC)N(Cc1ccccc1)C(=O)COc1ccc(C(C)C)cc1Br. The van der Waals surface area contributed by atoms with Gasteiger partial charge in [0.2, 0.25) is 5.91 Å². The third kappa shape index (κ3) is 6.32. The minimum atomic E-state index is -0.553. The summed E-state index contributed by atoms with van der Waals surface area (Å²) in [5.74, 6) is 0.597. The lowest BCUT2D eigenvalue weighted by Crippen LogP contribution is -2.49. The van der Waals surface area contributed by atoms with E-state index in [0.29, 0.717) is 24.6 Å². The van der Waals surface area contributed by atoms with E-state index in [9.17, 15) is 9.59 Å². The first-order valence-electron chi connectivity index (χ1n) is 9.84. The van der Waals surface area contributed by atoms with Gasteiger partial charge in [-0.25, -0.2) is 0 Å². The predicted octanol–water partition coefficient (Wildman–Crippen LogP) is 4.50. The number of benzene rings is 2. The number of hydrogen-bond acceptors (Lipinski definition) is 3. The van der Waals surface area contributed by atoms with Crippen LogP contribution in [0.4, 0.5) is 0 Å². The molecule has 0 aliphatic heterocycles. The fraction of sp³-hybridized carbons (Fsp3) is 0.391. The van der Waals surface area contributed by atoms with Crippen molar-refractivity contribution < 1.29 is 14.3 Å². The summed E-state index contributed by atoms with van der Waals surface area (Å²) in [6.45, 7) is 6.35. The van der Waals surface area contributed by atoms with Crippen LogP contribution in [0.3, 0.4) is 0 Å². The number of rotatable bonds is 9. The van der Waals surface area contributed by atoms with Gasteiger partial charge in [0, 0.05) is 13.6 Å². The zero-order valence-electron chi connectivity index (χ0n) is 17.4. The van der Waals surface area contributed by atoms with Crippen LogP contribution in [-0.2, 0) is 16.1 Å². The third-order valence-electron chi connectivity index (χ3n) is 4.80. The van der Waals surface area contributed by atoms with Gasteiger partial charge >= 0.3 is 0 Å². The van der Waals surface area contributed by atoms with E-state index in [0.717, 1.165) is 10.0 Å². The molecule has 0 radical (unpaired) electrons. The lowest BCUT2D eigenvalue weighted by Gasteiger charge is -2.30. The van der Waals surface area contributed by atoms with Crippen molar-refractivity contribution in [2.45, 2.75) is 45.7 Å². The van der Waals surface area contributed by atoms with Gasteiger partial charge in [0.05, 0.1) is 4.47 Å². The van der Waals surface area contributed by atoms with Gasteiger partial charge in [0.1, 0.15) is 11.8 Å². The van der Waals surface area contributed by atoms with Crippen LogP contribution in [0.15, 0.2) is 53.0 Å². The number of amides is 2. The van der Waals surface area contributed by atoms with Gasteiger partial charge in [-0.15, -0.1) is 0 Å². The first kappa shape index (κ1) is 22.9. The molecule has 2 amide bonds. The number of carbonyl (C=O) groups excluding carboxylic acids is 2. The Kier molecular flexibility index (Phi) is 8.70. The van der Waals surface area contributed by atoms with Crippen LogP contribution in [-0.4, -0.2) is 36.4 Å². The smallest absolute Gasteiger partial charge is 0.261 e. The maximum absolute atomic E-state index is 13.0. The lowest BCUT2D eigenvalue weighted by molar-refractivity contribution is -0.142. The molecular weight excluding hydrogens is 432 g/mol. The summed E-state index contributed by atoms with van der Waals surface area (Å²) in [5, 5.41) is 2.66. The minimum absolute atomic E-state index is 0.139. The standard InChI is InChI=1S/C23H29BrN2O3/c1-5-20(23(28)25-4)26(14-17-9-7-6-8-10-17)22(27)15-29-21-12-11-18(16(2)3)13-19(21)24/h6-13,16,20H,5,14-15H2,1-4H3,(H,25,28). The highest BCUT2D eigenvalue weighted by molar-refractivity contribution is 9.10. The van der Waals surface area contributed by atoms with E-state index >= 15 is 0 Å². The summed E-state index contributed by atoms with van der Waals surface area (Å²) in [6, 6.07) is 15.0. The zero-order chi connectivity index (χ0) is 21.4. The molecule has 156 valence electrons. The monoisotopic (exact) mass is 460 g/mol. The van der Waals surface area contributed by atoms with Crippen LogP contribution in [0.5, 0.6) is 5.75 Å². The molecule has 0 aromatic heterocycles. The molecule has 0 saturated heterocycles. The molecule has 0 fully saturated rings. The van der Waals surface area contributed by atoms with Crippen molar-refractivity contribution in [2.24, 2.45) is 0 Å². The molecule has 0 saturated carbocycles. The van der Waals surface area contributed by atoms with E-state index in [1.54, 1.807) is 11.9 Å². The normalized spacial score (nSPS) is 11.8. The molecule has 0 bridgehead atoms. The first-order valence-corrected chi connectivity index (χ1v) is 10.6. The van der Waals surface area contributed by atoms with Crippen molar-refractivity contribution in [3.63, 3.8) is 0 Å². The molecule has 6 heteroatoms. The highest BCUT2D eigenvalue weighted by Crippen LogP contribution is 2.29. The molecule has 0 aliphatic rings. The molecule has 0 aliphatic carbocycles. The van der Waals surface area contributed by atoms with E-state index in [1.165, 1.54) is 5.56 Å². The predicted molar refractivity (Wildman–Crippen MR) is 119 cm³/mol. The topological polar surface area (TPSA) is 58.6 Å². The van der Waals surface area contributed by atoms with Gasteiger partial charge in [-0.1, -0.05) is 57.2 Å². The second-order valence-electron chi connectivity index (χ2n) is 7.18. The van der Waals surface area contributed by atoms with E-state index in [2.05, 4.69) is 35.1 Å². The minimum Gasteiger partial charge on any atom is -0.483 e. The van der Waals surface area contributed by atoms with Crippen LogP contribution < -0.4 is 10.1 Å². The molecule has 0 heterocycles. The quantitative estimate of drug-likeness (QED) is 0.598. The van der Waals surface area contributed by atoms with Gasteiger partial charge in [-0.2, -0.15) is 0 Å². The number of nitrogens with zero attached hydrogens (tertiary/aromatic N) is 1. The summed E-state index contributed by atoms with van der Waals surface area (Å²) in [5.41, 5.74) is 2.15. The number of nitrogens with one attached hydrogen (secondary N) is 1. The Morgan fingerprint density at radius 1 is 1.14 bits per heavy atom. The van der Waals surface area contributed by atoms with E-state index in [-0.39, 0.29) is 18.4 Å². The van der Waals surface area contributed by atoms with E-state index in [1.807, 2.05) is 55.5 Å². The Hall–Kier alpha value is -2.34. The molecule has 1 atom stereocenters. The number of ether oxygens (including phenoxy) is 1. The second kappa shape index (κ2) is 11.0. The van der Waals surface area contributed by atoms with Crippen molar-refractivity contribution in [2.75, 3.05) is 13.7 Å². The highest BCUT2D eigenvalue weighted by Gasteiger charge is 2.28. The van der Waals surface area contributed by atoms with E-state index in [4.69, 9.17) is 4.74 Å². The van der Waals surface area contributed by atoms with Crippen LogP contribution >= 0.6 is 15.9 Å². The highest BCUT2D eigenvalue weighted by atomic mass is 79.9. The van der Waals surface area contributed by atoms with Gasteiger partial charge in [-0.3, -0.25) is 9.59 Å². The fourth-order valence-corrected chi connectivity index (χ4v) is 3.59. The Bertz CT molecular complexity index is 824. The molecule has 2 aromatic rings. The zero-order valence-corrected chi connectivity index (χ0v) is 19.0. The summed E-state index contributed by atoms with van der Waals surface area (Å²) in [6.07, 6.45) is 0.519. The number of halogens is 1. The largest absolute Gasteiger partial charge is 0.483 e. The van der Waals surface area contributed by atoms with Gasteiger partial charge < -0.3 is 15.0 Å². The summed E-state index contributed by atoms with van der Waals surface area (Å²) >= 11 is 3.52. The van der Waals surface area contributed by atoms with Crippen LogP contribution in [0.2, 0.25) is 0 Å². The van der Waals surface area contributed by atoms with Gasteiger partial charge in [-0.05, 0) is 51.5 Å². The maximum atomic E-state index is 13.0. The van der Waals surface area contributed by atoms with Crippen LogP contribution in [0.1, 0.15) is 44.2 Å². The molecule has 2 rings (SSSR count). The molecule has 29 heavy (non-hydrogen) atoms. The average Bonchev–Trinajstić information content (AvgIpc) is 2.72. The Morgan fingerprint density at radius 3 is 2.38 bits per heavy atom. The van der Waals surface area contributed by atoms with Crippen molar-refractivity contribution in [1.82, 2.24) is 10.2 Å². The molecule has 1 N–H and O–H groups in total. The molecule has 2 aromatic carbocycles. The fourth-order valence-electron chi connectivity index (χ4n) is 3.08. The van der Waals surface area contributed by atoms with Crippen molar-refractivity contribution in [1.29, 1.82) is 0 Å². The van der Waals surface area contributed by atoms with Crippen LogP contribution in [0.25, 0.3) is 0 Å². The number of hydrogen-bond donors (Lipinski definition) is 1. The summed E-state index contributed by atoms with van der Waals surface area (Å²) in [4.78, 5) is 27.0.